The molecule has 0 saturated heterocycles. The zero-order valence-corrected chi connectivity index (χ0v) is 12.1. The molecule has 1 aliphatic carbocycles. The van der Waals surface area contributed by atoms with E-state index in [-0.39, 0.29) is 0 Å². The monoisotopic (exact) mass is 293 g/mol. The predicted molar refractivity (Wildman–Crippen MR) is 78.2 cm³/mol. The van der Waals surface area contributed by atoms with Crippen LogP contribution in [0, 0.1) is 0 Å². The zero-order chi connectivity index (χ0) is 14.2. The summed E-state index contributed by atoms with van der Waals surface area (Å²) in [6.45, 7) is 1.14. The first-order valence-electron chi connectivity index (χ1n) is 7.04. The maximum atomic E-state index is 12.1. The largest absolute Gasteiger partial charge is 0.351 e. The first-order chi connectivity index (χ1) is 9.63. The second-order valence-electron chi connectivity index (χ2n) is 5.31. The van der Waals surface area contributed by atoms with Crippen LogP contribution in [0.25, 0.3) is 0 Å². The van der Waals surface area contributed by atoms with Gasteiger partial charge in [0.15, 0.2) is 5.84 Å². The minimum Gasteiger partial charge on any atom is -0.351 e. The number of benzene rings is 1. The van der Waals surface area contributed by atoms with Gasteiger partial charge in [-0.3, -0.25) is 0 Å². The highest BCUT2D eigenvalue weighted by molar-refractivity contribution is 7.90. The second-order valence-corrected chi connectivity index (χ2v) is 6.88. The van der Waals surface area contributed by atoms with Crippen LogP contribution in [-0.4, -0.2) is 38.3 Å². The molecule has 1 aliphatic heterocycles. The number of amidine groups is 1. The third-order valence-electron chi connectivity index (χ3n) is 4.02. The zero-order valence-electron chi connectivity index (χ0n) is 11.3. The lowest BCUT2D eigenvalue weighted by atomic mass is 10.1. The normalized spacial score (nSPS) is 20.8. The fourth-order valence-corrected chi connectivity index (χ4v) is 4.33. The van der Waals surface area contributed by atoms with Crippen molar-refractivity contribution in [2.45, 2.75) is 36.6 Å². The fraction of sp³-hybridized carbons (Fsp3) is 0.500. The van der Waals surface area contributed by atoms with Crippen LogP contribution < -0.4 is 5.73 Å². The van der Waals surface area contributed by atoms with Crippen molar-refractivity contribution in [3.63, 3.8) is 0 Å². The lowest BCUT2D eigenvalue weighted by Gasteiger charge is -2.30. The summed E-state index contributed by atoms with van der Waals surface area (Å²) >= 11 is 0. The van der Waals surface area contributed by atoms with Crippen LogP contribution in [0.5, 0.6) is 0 Å². The summed E-state index contributed by atoms with van der Waals surface area (Å²) in [5, 5.41) is 0. The van der Waals surface area contributed by atoms with E-state index in [2.05, 4.69) is 9.30 Å². The Morgan fingerprint density at radius 3 is 2.65 bits per heavy atom. The lowest BCUT2D eigenvalue weighted by molar-refractivity contribution is 0.323. The maximum absolute atomic E-state index is 12.1. The van der Waals surface area contributed by atoms with Gasteiger partial charge in [0.25, 0.3) is 10.0 Å². The first-order valence-corrected chi connectivity index (χ1v) is 8.48. The van der Waals surface area contributed by atoms with Crippen LogP contribution in [0.15, 0.2) is 33.6 Å². The average Bonchev–Trinajstić information content (AvgIpc) is 3.04. The lowest BCUT2D eigenvalue weighted by Crippen LogP contribution is -2.41. The van der Waals surface area contributed by atoms with Gasteiger partial charge >= 0.3 is 0 Å². The Balaban J connectivity index is 2.03. The number of nitrogens with zero attached hydrogens (tertiary/aromatic N) is 2. The molecule has 0 unspecified atom stereocenters. The van der Waals surface area contributed by atoms with E-state index >= 15 is 0 Å². The maximum Gasteiger partial charge on any atom is 0.285 e. The van der Waals surface area contributed by atoms with Crippen molar-refractivity contribution in [1.82, 2.24) is 4.90 Å². The minimum atomic E-state index is -3.54. The van der Waals surface area contributed by atoms with Crippen molar-refractivity contribution in [1.29, 1.82) is 0 Å². The molecule has 2 N–H and O–H groups in total. The van der Waals surface area contributed by atoms with Gasteiger partial charge in [-0.2, -0.15) is 8.42 Å². The van der Waals surface area contributed by atoms with Crippen molar-refractivity contribution in [2.75, 3.05) is 13.1 Å². The first kappa shape index (κ1) is 13.6. The molecule has 1 fully saturated rings. The molecule has 1 aromatic carbocycles. The molecule has 2 aliphatic rings. The molecule has 0 atom stereocenters. The SMILES string of the molecule is NCCN(C1=NS(=O)(=O)c2ccccc21)C1CCCC1. The van der Waals surface area contributed by atoms with E-state index < -0.39 is 10.0 Å². The molecule has 1 aromatic rings. The van der Waals surface area contributed by atoms with Crippen molar-refractivity contribution >= 4 is 15.9 Å². The average molecular weight is 293 g/mol. The van der Waals surface area contributed by atoms with E-state index in [1.807, 2.05) is 12.1 Å². The van der Waals surface area contributed by atoms with Gasteiger partial charge < -0.3 is 10.6 Å². The molecule has 3 rings (SSSR count). The third-order valence-corrected chi connectivity index (χ3v) is 5.35. The summed E-state index contributed by atoms with van der Waals surface area (Å²) in [4.78, 5) is 2.41. The Kier molecular flexibility index (Phi) is 3.52. The van der Waals surface area contributed by atoms with Gasteiger partial charge in [-0.05, 0) is 25.0 Å². The summed E-state index contributed by atoms with van der Waals surface area (Å²) < 4.78 is 28.3. The molecule has 0 amide bonds. The van der Waals surface area contributed by atoms with Crippen molar-refractivity contribution in [3.05, 3.63) is 29.8 Å². The van der Waals surface area contributed by atoms with Crippen molar-refractivity contribution < 1.29 is 8.42 Å². The van der Waals surface area contributed by atoms with E-state index in [0.29, 0.717) is 35.4 Å². The Labute approximate surface area is 119 Å². The molecule has 0 bridgehead atoms. The molecule has 6 heteroatoms. The number of hydrogen-bond acceptors (Lipinski definition) is 4. The predicted octanol–water partition coefficient (Wildman–Crippen LogP) is 1.34. The van der Waals surface area contributed by atoms with E-state index in [0.717, 1.165) is 12.8 Å². The molecule has 108 valence electrons. The summed E-state index contributed by atoms with van der Waals surface area (Å²) in [6, 6.07) is 7.40. The number of nitrogens with two attached hydrogens (primary N) is 1. The minimum absolute atomic E-state index is 0.315. The molecular formula is C14H19N3O2S. The summed E-state index contributed by atoms with van der Waals surface area (Å²) in [5.74, 6) is 0.581. The van der Waals surface area contributed by atoms with Crippen molar-refractivity contribution in [2.24, 2.45) is 10.1 Å². The molecule has 5 nitrogen and oxygen atoms in total. The van der Waals surface area contributed by atoms with Gasteiger partial charge in [0.1, 0.15) is 4.90 Å². The molecule has 1 saturated carbocycles. The summed E-state index contributed by atoms with van der Waals surface area (Å²) in [5.41, 5.74) is 6.42. The van der Waals surface area contributed by atoms with E-state index in [4.69, 9.17) is 5.73 Å². The highest BCUT2D eigenvalue weighted by atomic mass is 32.2. The van der Waals surface area contributed by atoms with E-state index in [9.17, 15) is 8.42 Å². The third kappa shape index (κ3) is 2.23. The van der Waals surface area contributed by atoms with Crippen LogP contribution in [0.4, 0.5) is 0 Å². The van der Waals surface area contributed by atoms with Gasteiger partial charge in [0.2, 0.25) is 0 Å². The highest BCUT2D eigenvalue weighted by Crippen LogP contribution is 2.31. The van der Waals surface area contributed by atoms with E-state index in [1.165, 1.54) is 12.8 Å². The van der Waals surface area contributed by atoms with Crippen molar-refractivity contribution in [3.8, 4) is 0 Å². The van der Waals surface area contributed by atoms with Crippen LogP contribution in [-0.2, 0) is 10.0 Å². The van der Waals surface area contributed by atoms with Gasteiger partial charge in [0, 0.05) is 24.7 Å². The van der Waals surface area contributed by atoms with Crippen LogP contribution in [0.2, 0.25) is 0 Å². The number of fused-ring (bicyclic) bond motifs is 1. The number of rotatable bonds is 3. The topological polar surface area (TPSA) is 75.8 Å². The fourth-order valence-electron chi connectivity index (χ4n) is 3.11. The Morgan fingerprint density at radius 1 is 1.25 bits per heavy atom. The van der Waals surface area contributed by atoms with Gasteiger partial charge in [0.05, 0.1) is 0 Å². The number of hydrogen-bond donors (Lipinski definition) is 1. The quantitative estimate of drug-likeness (QED) is 0.912. The second kappa shape index (κ2) is 5.18. The molecule has 20 heavy (non-hydrogen) atoms. The standard InChI is InChI=1S/C14H19N3O2S/c15-9-10-17(11-5-1-2-6-11)14-12-7-3-4-8-13(12)20(18,19)16-14/h3-4,7-8,11H,1-2,5-6,9-10,15H2. The Bertz CT molecular complexity index is 634. The summed E-state index contributed by atoms with van der Waals surface area (Å²) in [6.07, 6.45) is 4.54. The van der Waals surface area contributed by atoms with Crippen LogP contribution in [0.3, 0.4) is 0 Å². The van der Waals surface area contributed by atoms with Crippen LogP contribution >= 0.6 is 0 Å². The smallest absolute Gasteiger partial charge is 0.285 e. The molecular weight excluding hydrogens is 274 g/mol. The molecule has 1 heterocycles. The Morgan fingerprint density at radius 2 is 1.95 bits per heavy atom. The van der Waals surface area contributed by atoms with Crippen LogP contribution in [0.1, 0.15) is 31.2 Å². The summed E-state index contributed by atoms with van der Waals surface area (Å²) in [7, 11) is -3.54. The number of sulfonamides is 1. The van der Waals surface area contributed by atoms with Gasteiger partial charge in [-0.15, -0.1) is 4.40 Å². The molecule has 0 radical (unpaired) electrons. The van der Waals surface area contributed by atoms with Gasteiger partial charge in [-0.1, -0.05) is 25.0 Å². The Hall–Kier alpha value is -1.40. The molecule has 0 aromatic heterocycles. The highest BCUT2D eigenvalue weighted by Gasteiger charge is 2.34. The van der Waals surface area contributed by atoms with Gasteiger partial charge in [-0.25, -0.2) is 0 Å². The molecule has 0 spiro atoms. The van der Waals surface area contributed by atoms with E-state index in [1.54, 1.807) is 12.1 Å².